The first-order chi connectivity index (χ1) is 14.1. The molecule has 0 radical (unpaired) electrons. The maximum Gasteiger partial charge on any atom is 0.335 e. The summed E-state index contributed by atoms with van der Waals surface area (Å²) in [7, 11) is 0. The van der Waals surface area contributed by atoms with E-state index in [9.17, 15) is 19.7 Å². The van der Waals surface area contributed by atoms with Crippen molar-refractivity contribution in [1.82, 2.24) is 0 Å². The second-order valence-corrected chi connectivity index (χ2v) is 6.26. The Balaban J connectivity index is 0.000000222. The van der Waals surface area contributed by atoms with Gasteiger partial charge in [0.25, 0.3) is 5.69 Å². The highest BCUT2D eigenvalue weighted by Gasteiger charge is 2.46. The fraction of sp³-hybridized carbons (Fsp3) is 0.263. The minimum Gasteiger partial charge on any atom is -0.479 e. The summed E-state index contributed by atoms with van der Waals surface area (Å²) in [4.78, 5) is 32.3. The van der Waals surface area contributed by atoms with Crippen LogP contribution in [-0.4, -0.2) is 72.9 Å². The summed E-state index contributed by atoms with van der Waals surface area (Å²) in [6, 6.07) is 14.4. The molecule has 1 fully saturated rings. The number of rotatable bonds is 4. The number of nitro benzene ring substituents is 1. The minimum absolute atomic E-state index is 0.0189. The number of non-ortho nitro benzene ring substituents is 1. The van der Waals surface area contributed by atoms with Gasteiger partial charge in [-0.1, -0.05) is 30.3 Å². The lowest BCUT2D eigenvalue weighted by Crippen LogP contribution is -2.59. The van der Waals surface area contributed by atoms with Gasteiger partial charge in [-0.15, -0.1) is 0 Å². The summed E-state index contributed by atoms with van der Waals surface area (Å²) in [6.07, 6.45) is -8.72. The molecule has 0 spiro atoms. The normalized spacial score (nSPS) is 25.5. The quantitative estimate of drug-likeness (QED) is 0.249. The summed E-state index contributed by atoms with van der Waals surface area (Å²) in [5.41, 5.74) is 0.998. The molecule has 5 atom stereocenters. The van der Waals surface area contributed by atoms with Crippen LogP contribution in [-0.2, 0) is 9.53 Å². The van der Waals surface area contributed by atoms with Gasteiger partial charge in [-0.05, 0) is 12.1 Å². The average Bonchev–Trinajstić information content (AvgIpc) is 2.75. The molecule has 11 nitrogen and oxygen atoms in total. The number of carbonyl (C=O) groups is 2. The molecule has 2 aromatic carbocycles. The van der Waals surface area contributed by atoms with Gasteiger partial charge in [0.1, 0.15) is 18.3 Å². The van der Waals surface area contributed by atoms with Crippen LogP contribution >= 0.6 is 0 Å². The van der Waals surface area contributed by atoms with Gasteiger partial charge in [0.2, 0.25) is 0 Å². The van der Waals surface area contributed by atoms with E-state index in [4.69, 9.17) is 25.5 Å². The number of benzene rings is 2. The Labute approximate surface area is 169 Å². The number of aliphatic carboxylic acids is 1. The lowest BCUT2D eigenvalue weighted by Gasteiger charge is -2.36. The molecular weight excluding hydrogens is 402 g/mol. The number of nitro groups is 1. The fourth-order valence-corrected chi connectivity index (χ4v) is 2.56. The summed E-state index contributed by atoms with van der Waals surface area (Å²) in [6.45, 7) is 0. The van der Waals surface area contributed by atoms with Crippen LogP contribution in [0.4, 0.5) is 5.69 Å². The monoisotopic (exact) mass is 421 g/mol. The van der Waals surface area contributed by atoms with Gasteiger partial charge in [0, 0.05) is 23.3 Å². The van der Waals surface area contributed by atoms with E-state index in [1.165, 1.54) is 24.3 Å². The van der Waals surface area contributed by atoms with Crippen molar-refractivity contribution < 1.29 is 44.8 Å². The third-order valence-electron chi connectivity index (χ3n) is 4.21. The molecule has 1 saturated heterocycles. The predicted octanol–water partition coefficient (Wildman–Crippen LogP) is -0.303. The number of hydrogen-bond donors (Lipinski definition) is 5. The fourth-order valence-electron chi connectivity index (χ4n) is 2.56. The summed E-state index contributed by atoms with van der Waals surface area (Å²) >= 11 is 0. The first-order valence-corrected chi connectivity index (χ1v) is 8.58. The molecule has 1 heterocycles. The molecule has 0 aliphatic carbocycles. The maximum atomic E-state index is 12.0. The number of nitrogens with zero attached hydrogens (tertiary/aromatic N) is 1. The molecule has 160 valence electrons. The maximum absolute atomic E-state index is 12.0. The summed E-state index contributed by atoms with van der Waals surface area (Å²) < 4.78 is 4.34. The lowest BCUT2D eigenvalue weighted by molar-refractivity contribution is -0.384. The number of carbonyl (C=O) groups excluding carboxylic acids is 1. The highest BCUT2D eigenvalue weighted by atomic mass is 16.6. The molecule has 5 N–H and O–H groups in total. The van der Waals surface area contributed by atoms with Crippen molar-refractivity contribution in [2.45, 2.75) is 30.7 Å². The Morgan fingerprint density at radius 2 is 1.37 bits per heavy atom. The number of hydrogen-bond acceptors (Lipinski definition) is 9. The van der Waals surface area contributed by atoms with E-state index in [1.807, 2.05) is 6.07 Å². The van der Waals surface area contributed by atoms with Gasteiger partial charge in [0.15, 0.2) is 18.2 Å². The van der Waals surface area contributed by atoms with Crippen molar-refractivity contribution >= 4 is 17.4 Å². The smallest absolute Gasteiger partial charge is 0.335 e. The standard InChI is InChI=1S/C13H9NO3.C6H10O7/c15-13(10-4-2-1-3-5-10)11-6-8-12(9-7-11)14(16)17;7-1-2(8)4(5(10)11)13-6(12)3(1)9/h1-9H;1-4,6-9,12H,(H,10,11)/t;1-,2-,3+,4-,6+/m.0/s1. The van der Waals surface area contributed by atoms with Crippen molar-refractivity contribution in [1.29, 1.82) is 0 Å². The van der Waals surface area contributed by atoms with Crippen LogP contribution in [0.15, 0.2) is 54.6 Å². The van der Waals surface area contributed by atoms with Crippen LogP contribution in [0.1, 0.15) is 15.9 Å². The molecular formula is C19H19NO10. The van der Waals surface area contributed by atoms with Crippen LogP contribution in [0.3, 0.4) is 0 Å². The summed E-state index contributed by atoms with van der Waals surface area (Å²) in [5, 5.41) is 54.8. The van der Waals surface area contributed by atoms with Gasteiger partial charge in [-0.3, -0.25) is 14.9 Å². The van der Waals surface area contributed by atoms with Crippen LogP contribution < -0.4 is 0 Å². The SMILES string of the molecule is O=C(O)[C@H]1O[C@@H](O)[C@H](O)[C@@H](O)[C@@H]1O.O=C(c1ccccc1)c1ccc([N+](=O)[O-])cc1. The molecule has 0 unspecified atom stereocenters. The number of carboxylic acids is 1. The molecule has 1 aliphatic rings. The van der Waals surface area contributed by atoms with Crippen molar-refractivity contribution in [3.05, 3.63) is 75.8 Å². The molecule has 30 heavy (non-hydrogen) atoms. The van der Waals surface area contributed by atoms with E-state index in [-0.39, 0.29) is 11.5 Å². The number of aliphatic hydroxyl groups is 4. The number of ketones is 1. The molecule has 3 rings (SSSR count). The largest absolute Gasteiger partial charge is 0.479 e. The van der Waals surface area contributed by atoms with Gasteiger partial charge >= 0.3 is 5.97 Å². The van der Waals surface area contributed by atoms with E-state index < -0.39 is 41.6 Å². The Hall–Kier alpha value is -3.22. The third-order valence-corrected chi connectivity index (χ3v) is 4.21. The van der Waals surface area contributed by atoms with E-state index >= 15 is 0 Å². The van der Waals surface area contributed by atoms with Crippen LogP contribution in [0.5, 0.6) is 0 Å². The third kappa shape index (κ3) is 5.43. The van der Waals surface area contributed by atoms with Gasteiger partial charge < -0.3 is 30.3 Å². The predicted molar refractivity (Wildman–Crippen MR) is 99.5 cm³/mol. The second kappa shape index (κ2) is 10.0. The minimum atomic E-state index is -1.81. The van der Waals surface area contributed by atoms with Gasteiger partial charge in [-0.2, -0.15) is 0 Å². The van der Waals surface area contributed by atoms with Crippen molar-refractivity contribution in [2.75, 3.05) is 0 Å². The average molecular weight is 421 g/mol. The molecule has 1 aliphatic heterocycles. The molecule has 11 heteroatoms. The summed E-state index contributed by atoms with van der Waals surface area (Å²) in [5.74, 6) is -1.65. The Bertz CT molecular complexity index is 886. The van der Waals surface area contributed by atoms with Gasteiger partial charge in [0.05, 0.1) is 4.92 Å². The van der Waals surface area contributed by atoms with Gasteiger partial charge in [-0.25, -0.2) is 4.79 Å². The topological polar surface area (TPSA) is 188 Å². The van der Waals surface area contributed by atoms with E-state index in [2.05, 4.69) is 4.74 Å². The first kappa shape index (κ1) is 23.1. The van der Waals surface area contributed by atoms with Crippen LogP contribution in [0.2, 0.25) is 0 Å². The zero-order valence-electron chi connectivity index (χ0n) is 15.3. The molecule has 0 aromatic heterocycles. The van der Waals surface area contributed by atoms with Crippen LogP contribution in [0.25, 0.3) is 0 Å². The molecule has 2 aromatic rings. The molecule has 0 saturated carbocycles. The number of aliphatic hydroxyl groups excluding tert-OH is 4. The van der Waals surface area contributed by atoms with E-state index in [0.29, 0.717) is 11.1 Å². The van der Waals surface area contributed by atoms with E-state index in [1.54, 1.807) is 24.3 Å². The Kier molecular flexibility index (Phi) is 7.69. The van der Waals surface area contributed by atoms with Crippen molar-refractivity contribution in [3.63, 3.8) is 0 Å². The number of ether oxygens (including phenoxy) is 1. The molecule has 0 amide bonds. The zero-order chi connectivity index (χ0) is 22.4. The van der Waals surface area contributed by atoms with E-state index in [0.717, 1.165) is 0 Å². The Morgan fingerprint density at radius 1 is 0.833 bits per heavy atom. The van der Waals surface area contributed by atoms with Crippen molar-refractivity contribution in [3.8, 4) is 0 Å². The first-order valence-electron chi connectivity index (χ1n) is 8.58. The van der Waals surface area contributed by atoms with Crippen molar-refractivity contribution in [2.24, 2.45) is 0 Å². The Morgan fingerprint density at radius 3 is 1.87 bits per heavy atom. The zero-order valence-corrected chi connectivity index (χ0v) is 15.3. The van der Waals surface area contributed by atoms with Crippen LogP contribution in [0, 0.1) is 10.1 Å². The highest BCUT2D eigenvalue weighted by molar-refractivity contribution is 6.09. The highest BCUT2D eigenvalue weighted by Crippen LogP contribution is 2.19. The molecule has 0 bridgehead atoms. The number of carboxylic acid groups (broad SMARTS) is 1. The second-order valence-electron chi connectivity index (χ2n) is 6.26. The lowest BCUT2D eigenvalue weighted by atomic mass is 9.99.